The summed E-state index contributed by atoms with van der Waals surface area (Å²) in [5.41, 5.74) is 1.33. The highest BCUT2D eigenvalue weighted by Crippen LogP contribution is 2.40. The summed E-state index contributed by atoms with van der Waals surface area (Å²) in [5, 5.41) is 11.4. The van der Waals surface area contributed by atoms with Gasteiger partial charge in [-0.25, -0.2) is 0 Å². The van der Waals surface area contributed by atoms with Crippen molar-refractivity contribution in [3.63, 3.8) is 0 Å². The Morgan fingerprint density at radius 3 is 2.25 bits per heavy atom. The smallest absolute Gasteiger partial charge is 0.295 e. The van der Waals surface area contributed by atoms with Crippen molar-refractivity contribution in [2.45, 2.75) is 46.1 Å². The van der Waals surface area contributed by atoms with Crippen LogP contribution in [-0.2, 0) is 14.3 Å². The Hall–Kier alpha value is -3.36. The summed E-state index contributed by atoms with van der Waals surface area (Å²) in [6.45, 7) is 11.8. The number of ether oxygens (including phenoxy) is 3. The van der Waals surface area contributed by atoms with Crippen LogP contribution in [0.25, 0.3) is 5.76 Å². The van der Waals surface area contributed by atoms with Crippen LogP contribution in [0.5, 0.6) is 11.5 Å². The first-order valence-electron chi connectivity index (χ1n) is 14.4. The van der Waals surface area contributed by atoms with Gasteiger partial charge in [0, 0.05) is 31.7 Å². The topological polar surface area (TPSA) is 88.5 Å². The van der Waals surface area contributed by atoms with E-state index in [-0.39, 0.29) is 11.3 Å². The Balaban J connectivity index is 1.61. The third-order valence-electron chi connectivity index (χ3n) is 7.19. The average molecular weight is 551 g/mol. The summed E-state index contributed by atoms with van der Waals surface area (Å²) in [6.07, 6.45) is 2.72. The van der Waals surface area contributed by atoms with E-state index >= 15 is 0 Å². The number of morpholine rings is 1. The number of rotatable bonds is 13. The molecule has 0 aliphatic carbocycles. The van der Waals surface area contributed by atoms with E-state index in [1.807, 2.05) is 24.3 Å². The minimum absolute atomic E-state index is 0.104. The van der Waals surface area contributed by atoms with Crippen LogP contribution in [0.15, 0.2) is 54.1 Å². The summed E-state index contributed by atoms with van der Waals surface area (Å²) in [6, 6.07) is 13.8. The van der Waals surface area contributed by atoms with Gasteiger partial charge in [0.2, 0.25) is 0 Å². The van der Waals surface area contributed by atoms with Crippen molar-refractivity contribution in [3.05, 3.63) is 65.2 Å². The van der Waals surface area contributed by atoms with E-state index in [1.165, 1.54) is 0 Å². The van der Waals surface area contributed by atoms with Gasteiger partial charge in [0.15, 0.2) is 0 Å². The second-order valence-electron chi connectivity index (χ2n) is 10.8. The van der Waals surface area contributed by atoms with E-state index in [0.29, 0.717) is 56.6 Å². The zero-order chi connectivity index (χ0) is 28.5. The molecular weight excluding hydrogens is 508 g/mol. The highest BCUT2D eigenvalue weighted by atomic mass is 16.5. The molecule has 216 valence electrons. The van der Waals surface area contributed by atoms with Gasteiger partial charge in [-0.2, -0.15) is 0 Å². The standard InChI is InChI=1S/C32H42N2O6/c1-4-5-19-39-26-11-7-24(8-12-26)29-28(30(35)25-9-13-27(14-10-25)40-22-23(2)3)31(36)32(37)34(29)16-6-15-33-17-20-38-21-18-33/h7-14,23,29,35H,4-6,15-22H2,1-3H3/b30-28+. The van der Waals surface area contributed by atoms with Gasteiger partial charge < -0.3 is 24.2 Å². The molecule has 8 nitrogen and oxygen atoms in total. The Morgan fingerprint density at radius 1 is 0.950 bits per heavy atom. The van der Waals surface area contributed by atoms with Gasteiger partial charge in [-0.15, -0.1) is 0 Å². The lowest BCUT2D eigenvalue weighted by Crippen LogP contribution is -2.38. The van der Waals surface area contributed by atoms with E-state index in [1.54, 1.807) is 29.2 Å². The second-order valence-corrected chi connectivity index (χ2v) is 10.8. The Bertz CT molecular complexity index is 1150. The number of amides is 1. The molecule has 1 atom stereocenters. The van der Waals surface area contributed by atoms with Crippen molar-refractivity contribution in [2.24, 2.45) is 5.92 Å². The van der Waals surface area contributed by atoms with Crippen molar-refractivity contribution in [1.82, 2.24) is 9.80 Å². The fraction of sp³-hybridized carbons (Fsp3) is 0.500. The maximum atomic E-state index is 13.4. The molecule has 2 fully saturated rings. The number of aliphatic hydroxyl groups excluding tert-OH is 1. The molecule has 2 aromatic carbocycles. The van der Waals surface area contributed by atoms with Crippen LogP contribution in [0.2, 0.25) is 0 Å². The molecule has 2 aliphatic heterocycles. The number of unbranched alkanes of at least 4 members (excludes halogenated alkanes) is 1. The predicted octanol–water partition coefficient (Wildman–Crippen LogP) is 5.04. The molecule has 1 unspecified atom stereocenters. The van der Waals surface area contributed by atoms with Crippen molar-refractivity contribution < 1.29 is 28.9 Å². The van der Waals surface area contributed by atoms with E-state index < -0.39 is 17.7 Å². The first-order valence-corrected chi connectivity index (χ1v) is 14.4. The highest BCUT2D eigenvalue weighted by molar-refractivity contribution is 6.46. The van der Waals surface area contributed by atoms with Gasteiger partial charge in [-0.05, 0) is 60.7 Å². The highest BCUT2D eigenvalue weighted by Gasteiger charge is 2.45. The number of Topliss-reactive ketones (excluding diaryl/α,β-unsaturated/α-hetero) is 1. The number of carbonyl (C=O) groups is 2. The van der Waals surface area contributed by atoms with Crippen molar-refractivity contribution >= 4 is 17.4 Å². The fourth-order valence-electron chi connectivity index (χ4n) is 4.95. The van der Waals surface area contributed by atoms with Gasteiger partial charge in [0.25, 0.3) is 11.7 Å². The van der Waals surface area contributed by atoms with Crippen LogP contribution in [-0.4, -0.2) is 79.2 Å². The lowest BCUT2D eigenvalue weighted by Gasteiger charge is -2.29. The lowest BCUT2D eigenvalue weighted by atomic mass is 9.95. The maximum absolute atomic E-state index is 13.4. The van der Waals surface area contributed by atoms with Gasteiger partial charge in [-0.3, -0.25) is 14.5 Å². The van der Waals surface area contributed by atoms with E-state index in [2.05, 4.69) is 25.7 Å². The van der Waals surface area contributed by atoms with Crippen LogP contribution in [0.1, 0.15) is 57.2 Å². The molecule has 40 heavy (non-hydrogen) atoms. The van der Waals surface area contributed by atoms with Crippen LogP contribution in [0.3, 0.4) is 0 Å². The quantitative estimate of drug-likeness (QED) is 0.162. The zero-order valence-corrected chi connectivity index (χ0v) is 23.9. The first kappa shape index (κ1) is 29.6. The largest absolute Gasteiger partial charge is 0.507 e. The minimum Gasteiger partial charge on any atom is -0.507 e. The van der Waals surface area contributed by atoms with Crippen LogP contribution >= 0.6 is 0 Å². The summed E-state index contributed by atoms with van der Waals surface area (Å²) in [5.74, 6) is 0.363. The molecule has 2 aliphatic rings. The fourth-order valence-corrected chi connectivity index (χ4v) is 4.95. The molecule has 0 spiro atoms. The Morgan fingerprint density at radius 2 is 1.60 bits per heavy atom. The Labute approximate surface area is 237 Å². The average Bonchev–Trinajstić information content (AvgIpc) is 3.22. The molecule has 0 radical (unpaired) electrons. The number of aliphatic hydroxyl groups is 1. The molecule has 2 saturated heterocycles. The van der Waals surface area contributed by atoms with Crippen molar-refractivity contribution in [2.75, 3.05) is 52.6 Å². The number of hydrogen-bond donors (Lipinski definition) is 1. The summed E-state index contributed by atoms with van der Waals surface area (Å²) in [7, 11) is 0. The number of ketones is 1. The molecule has 4 rings (SSSR count). The maximum Gasteiger partial charge on any atom is 0.295 e. The molecule has 0 bridgehead atoms. The predicted molar refractivity (Wildman–Crippen MR) is 155 cm³/mol. The monoisotopic (exact) mass is 550 g/mol. The molecular formula is C32H42N2O6. The molecule has 0 saturated carbocycles. The summed E-state index contributed by atoms with van der Waals surface area (Å²) in [4.78, 5) is 30.6. The number of benzene rings is 2. The van der Waals surface area contributed by atoms with Gasteiger partial charge in [-0.1, -0.05) is 39.3 Å². The number of nitrogens with zero attached hydrogens (tertiary/aromatic N) is 2. The minimum atomic E-state index is -0.689. The molecule has 1 N–H and O–H groups in total. The summed E-state index contributed by atoms with van der Waals surface area (Å²) < 4.78 is 17.0. The first-order chi connectivity index (χ1) is 19.4. The summed E-state index contributed by atoms with van der Waals surface area (Å²) >= 11 is 0. The van der Waals surface area contributed by atoms with E-state index in [9.17, 15) is 14.7 Å². The van der Waals surface area contributed by atoms with Gasteiger partial charge in [0.05, 0.1) is 38.0 Å². The van der Waals surface area contributed by atoms with E-state index in [0.717, 1.165) is 43.8 Å². The molecule has 1 amide bonds. The molecule has 8 heteroatoms. The van der Waals surface area contributed by atoms with Crippen LogP contribution in [0.4, 0.5) is 0 Å². The third-order valence-corrected chi connectivity index (χ3v) is 7.19. The number of carbonyl (C=O) groups excluding carboxylic acids is 2. The lowest BCUT2D eigenvalue weighted by molar-refractivity contribution is -0.140. The van der Waals surface area contributed by atoms with Gasteiger partial charge >= 0.3 is 0 Å². The SMILES string of the molecule is CCCCOc1ccc(C2/C(=C(\O)c3ccc(OCC(C)C)cc3)C(=O)C(=O)N2CCCN2CCOCC2)cc1. The number of hydrogen-bond acceptors (Lipinski definition) is 7. The van der Waals surface area contributed by atoms with Crippen LogP contribution < -0.4 is 9.47 Å². The van der Waals surface area contributed by atoms with Crippen molar-refractivity contribution in [3.8, 4) is 11.5 Å². The van der Waals surface area contributed by atoms with Crippen molar-refractivity contribution in [1.29, 1.82) is 0 Å². The van der Waals surface area contributed by atoms with E-state index in [4.69, 9.17) is 14.2 Å². The molecule has 2 aromatic rings. The zero-order valence-electron chi connectivity index (χ0n) is 23.9. The third kappa shape index (κ3) is 7.43. The Kier molecular flexibility index (Phi) is 10.6. The molecule has 2 heterocycles. The molecule has 0 aromatic heterocycles. The normalized spacial score (nSPS) is 19.4. The van der Waals surface area contributed by atoms with Crippen LogP contribution in [0, 0.1) is 5.92 Å². The second kappa shape index (κ2) is 14.3. The number of likely N-dealkylation sites (tertiary alicyclic amines) is 1. The van der Waals surface area contributed by atoms with Gasteiger partial charge in [0.1, 0.15) is 17.3 Å².